The van der Waals surface area contributed by atoms with Gasteiger partial charge in [-0.2, -0.15) is 0 Å². The Kier molecular flexibility index (Phi) is 5.54. The normalized spacial score (nSPS) is 10.3. The third-order valence-electron chi connectivity index (χ3n) is 4.01. The van der Waals surface area contributed by atoms with Crippen molar-refractivity contribution in [3.05, 3.63) is 83.9 Å². The molecule has 0 radical (unpaired) electrons. The second-order valence-corrected chi connectivity index (χ2v) is 5.91. The highest BCUT2D eigenvalue weighted by atomic mass is 16.5. The molecule has 0 spiro atoms. The van der Waals surface area contributed by atoms with E-state index in [1.807, 2.05) is 60.7 Å². The fraction of sp³-hybridized carbons (Fsp3) is 0.136. The zero-order chi connectivity index (χ0) is 18.4. The summed E-state index contributed by atoms with van der Waals surface area (Å²) in [4.78, 5) is 11.0. The van der Waals surface area contributed by atoms with Crippen LogP contribution in [0.4, 0.5) is 0 Å². The largest absolute Gasteiger partial charge is 0.496 e. The molecule has 0 saturated heterocycles. The van der Waals surface area contributed by atoms with Crippen molar-refractivity contribution in [3.8, 4) is 22.6 Å². The molecule has 0 aliphatic rings. The minimum atomic E-state index is -0.860. The van der Waals surface area contributed by atoms with Crippen molar-refractivity contribution in [2.45, 2.75) is 13.0 Å². The van der Waals surface area contributed by atoms with Crippen LogP contribution in [0.1, 0.15) is 11.1 Å². The molecule has 0 saturated carbocycles. The average molecular weight is 348 g/mol. The minimum absolute atomic E-state index is 0.0266. The molecule has 3 rings (SSSR count). The van der Waals surface area contributed by atoms with Gasteiger partial charge in [0.05, 0.1) is 13.5 Å². The van der Waals surface area contributed by atoms with E-state index in [-0.39, 0.29) is 6.42 Å². The molecule has 1 N–H and O–H groups in total. The van der Waals surface area contributed by atoms with Gasteiger partial charge in [-0.25, -0.2) is 0 Å². The van der Waals surface area contributed by atoms with Crippen molar-refractivity contribution in [2.24, 2.45) is 0 Å². The van der Waals surface area contributed by atoms with Crippen LogP contribution in [0.15, 0.2) is 72.8 Å². The maximum atomic E-state index is 11.0. The molecule has 0 heterocycles. The monoisotopic (exact) mass is 348 g/mol. The van der Waals surface area contributed by atoms with Gasteiger partial charge in [0.15, 0.2) is 0 Å². The molecule has 0 aliphatic heterocycles. The van der Waals surface area contributed by atoms with E-state index >= 15 is 0 Å². The number of carbonyl (C=O) groups is 1. The molecule has 132 valence electrons. The standard InChI is InChI=1S/C22H20O4/c1-25-21-11-10-17(13-22(23)24)12-20(21)18-8-5-9-19(14-18)26-15-16-6-3-2-4-7-16/h2-12,14H,13,15H2,1H3,(H,23,24). The van der Waals surface area contributed by atoms with Crippen molar-refractivity contribution in [2.75, 3.05) is 7.11 Å². The van der Waals surface area contributed by atoms with Crippen LogP contribution in [0.5, 0.6) is 11.5 Å². The topological polar surface area (TPSA) is 55.8 Å². The predicted octanol–water partition coefficient (Wildman–Crippen LogP) is 4.57. The summed E-state index contributed by atoms with van der Waals surface area (Å²) in [7, 11) is 1.60. The maximum absolute atomic E-state index is 11.0. The van der Waals surface area contributed by atoms with Crippen molar-refractivity contribution in [1.82, 2.24) is 0 Å². The molecule has 0 amide bonds. The van der Waals surface area contributed by atoms with E-state index in [4.69, 9.17) is 14.6 Å². The fourth-order valence-corrected chi connectivity index (χ4v) is 2.76. The maximum Gasteiger partial charge on any atom is 0.307 e. The number of carboxylic acids is 1. The van der Waals surface area contributed by atoms with Gasteiger partial charge in [0, 0.05) is 5.56 Å². The molecule has 0 aromatic heterocycles. The zero-order valence-corrected chi connectivity index (χ0v) is 14.5. The van der Waals surface area contributed by atoms with E-state index in [1.54, 1.807) is 19.2 Å². The number of benzene rings is 3. The second kappa shape index (κ2) is 8.21. The van der Waals surface area contributed by atoms with Gasteiger partial charge in [-0.05, 0) is 41.0 Å². The molecule has 0 fully saturated rings. The highest BCUT2D eigenvalue weighted by Gasteiger charge is 2.10. The highest BCUT2D eigenvalue weighted by Crippen LogP contribution is 2.33. The van der Waals surface area contributed by atoms with Crippen molar-refractivity contribution in [3.63, 3.8) is 0 Å². The number of aliphatic carboxylic acids is 1. The first-order valence-electron chi connectivity index (χ1n) is 8.31. The molecule has 26 heavy (non-hydrogen) atoms. The van der Waals surface area contributed by atoms with Gasteiger partial charge in [-0.1, -0.05) is 48.5 Å². The molecule has 3 aromatic carbocycles. The Balaban J connectivity index is 1.85. The van der Waals surface area contributed by atoms with E-state index < -0.39 is 5.97 Å². The highest BCUT2D eigenvalue weighted by molar-refractivity contribution is 5.75. The zero-order valence-electron chi connectivity index (χ0n) is 14.5. The molecule has 0 unspecified atom stereocenters. The Morgan fingerprint density at radius 3 is 2.46 bits per heavy atom. The van der Waals surface area contributed by atoms with Crippen LogP contribution in [0, 0.1) is 0 Å². The molecule has 4 nitrogen and oxygen atoms in total. The number of hydrogen-bond acceptors (Lipinski definition) is 3. The first-order chi connectivity index (χ1) is 12.7. The van der Waals surface area contributed by atoms with Gasteiger partial charge in [0.2, 0.25) is 0 Å². The van der Waals surface area contributed by atoms with Gasteiger partial charge in [0.25, 0.3) is 0 Å². The lowest BCUT2D eigenvalue weighted by Gasteiger charge is -2.12. The summed E-state index contributed by atoms with van der Waals surface area (Å²) in [6.07, 6.45) is -0.0266. The van der Waals surface area contributed by atoms with Crippen LogP contribution < -0.4 is 9.47 Å². The molecule has 0 bridgehead atoms. The van der Waals surface area contributed by atoms with Crippen LogP contribution >= 0.6 is 0 Å². The summed E-state index contributed by atoms with van der Waals surface area (Å²) in [6, 6.07) is 23.1. The third-order valence-corrected chi connectivity index (χ3v) is 4.01. The van der Waals surface area contributed by atoms with Crippen LogP contribution in [-0.4, -0.2) is 18.2 Å². The quantitative estimate of drug-likeness (QED) is 0.680. The van der Waals surface area contributed by atoms with Crippen molar-refractivity contribution in [1.29, 1.82) is 0 Å². The van der Waals surface area contributed by atoms with Gasteiger partial charge in [-0.15, -0.1) is 0 Å². The van der Waals surface area contributed by atoms with Crippen LogP contribution in [0.3, 0.4) is 0 Å². The van der Waals surface area contributed by atoms with Gasteiger partial charge >= 0.3 is 5.97 Å². The summed E-state index contributed by atoms with van der Waals surface area (Å²) in [5, 5.41) is 9.03. The Morgan fingerprint density at radius 2 is 1.73 bits per heavy atom. The third kappa shape index (κ3) is 4.42. The Morgan fingerprint density at radius 1 is 0.923 bits per heavy atom. The van der Waals surface area contributed by atoms with E-state index in [9.17, 15) is 4.79 Å². The molecule has 4 heteroatoms. The minimum Gasteiger partial charge on any atom is -0.496 e. The summed E-state index contributed by atoms with van der Waals surface area (Å²) in [5.41, 5.74) is 3.58. The summed E-state index contributed by atoms with van der Waals surface area (Å²) >= 11 is 0. The molecular weight excluding hydrogens is 328 g/mol. The van der Waals surface area contributed by atoms with Crippen LogP contribution in [-0.2, 0) is 17.8 Å². The fourth-order valence-electron chi connectivity index (χ4n) is 2.76. The Bertz CT molecular complexity index is 888. The summed E-state index contributed by atoms with van der Waals surface area (Å²) < 4.78 is 11.3. The lowest BCUT2D eigenvalue weighted by atomic mass is 10.0. The van der Waals surface area contributed by atoms with Crippen molar-refractivity contribution >= 4 is 5.97 Å². The predicted molar refractivity (Wildman–Crippen MR) is 101 cm³/mol. The van der Waals surface area contributed by atoms with E-state index in [2.05, 4.69) is 0 Å². The summed E-state index contributed by atoms with van der Waals surface area (Å²) in [6.45, 7) is 0.487. The van der Waals surface area contributed by atoms with Crippen molar-refractivity contribution < 1.29 is 19.4 Å². The van der Waals surface area contributed by atoms with Crippen LogP contribution in [0.25, 0.3) is 11.1 Å². The SMILES string of the molecule is COc1ccc(CC(=O)O)cc1-c1cccc(OCc2ccccc2)c1. The molecule has 0 aliphatic carbocycles. The first kappa shape index (κ1) is 17.5. The summed E-state index contributed by atoms with van der Waals surface area (Å²) in [5.74, 6) is 0.581. The first-order valence-corrected chi connectivity index (χ1v) is 8.31. The van der Waals surface area contributed by atoms with E-state index in [0.717, 1.165) is 28.0 Å². The second-order valence-electron chi connectivity index (χ2n) is 5.91. The van der Waals surface area contributed by atoms with Gasteiger partial charge in [-0.3, -0.25) is 4.79 Å². The molecular formula is C22H20O4. The molecule has 0 atom stereocenters. The Hall–Kier alpha value is -3.27. The number of methoxy groups -OCH3 is 1. The Labute approximate surface area is 152 Å². The lowest BCUT2D eigenvalue weighted by molar-refractivity contribution is -0.136. The van der Waals surface area contributed by atoms with Gasteiger partial charge < -0.3 is 14.6 Å². The van der Waals surface area contributed by atoms with Crippen LogP contribution in [0.2, 0.25) is 0 Å². The van der Waals surface area contributed by atoms with Gasteiger partial charge in [0.1, 0.15) is 18.1 Å². The smallest absolute Gasteiger partial charge is 0.307 e. The number of rotatable bonds is 7. The number of hydrogen-bond donors (Lipinski definition) is 1. The average Bonchev–Trinajstić information content (AvgIpc) is 2.67. The number of ether oxygens (including phenoxy) is 2. The number of carboxylic acid groups (broad SMARTS) is 1. The van der Waals surface area contributed by atoms with E-state index in [1.165, 1.54) is 0 Å². The molecule has 3 aromatic rings. The lowest BCUT2D eigenvalue weighted by Crippen LogP contribution is -2.01. The van der Waals surface area contributed by atoms with E-state index in [0.29, 0.717) is 12.4 Å².